The summed E-state index contributed by atoms with van der Waals surface area (Å²) in [7, 11) is 1.57. The van der Waals surface area contributed by atoms with Crippen LogP contribution in [0.15, 0.2) is 48.2 Å². The normalized spacial score (nSPS) is 17.3. The van der Waals surface area contributed by atoms with Crippen LogP contribution in [0.5, 0.6) is 11.5 Å². The zero-order valence-electron chi connectivity index (χ0n) is 18.2. The van der Waals surface area contributed by atoms with E-state index >= 15 is 0 Å². The Balaban J connectivity index is 1.39. The summed E-state index contributed by atoms with van der Waals surface area (Å²) in [5.41, 5.74) is 6.37. The van der Waals surface area contributed by atoms with Gasteiger partial charge in [0.2, 0.25) is 0 Å². The van der Waals surface area contributed by atoms with Gasteiger partial charge in [-0.05, 0) is 37.1 Å². The van der Waals surface area contributed by atoms with Crippen LogP contribution in [-0.4, -0.2) is 57.9 Å². The summed E-state index contributed by atoms with van der Waals surface area (Å²) >= 11 is 0. The smallest absolute Gasteiger partial charge is 0.184 e. The van der Waals surface area contributed by atoms with Crippen molar-refractivity contribution in [3.63, 3.8) is 0 Å². The van der Waals surface area contributed by atoms with Crippen LogP contribution >= 0.6 is 0 Å². The summed E-state index contributed by atoms with van der Waals surface area (Å²) in [6.07, 6.45) is 0.737. The molecule has 0 bridgehead atoms. The molecule has 1 N–H and O–H groups in total. The topological polar surface area (TPSA) is 46.2 Å². The second-order valence-corrected chi connectivity index (χ2v) is 7.77. The Labute approximate surface area is 183 Å². The maximum absolute atomic E-state index is 14.4. The molecule has 4 rings (SSSR count). The van der Waals surface area contributed by atoms with Gasteiger partial charge in [-0.3, -0.25) is 15.2 Å². The Morgan fingerprint density at radius 3 is 2.58 bits per heavy atom. The lowest BCUT2D eigenvalue weighted by molar-refractivity contribution is 0.118. The molecule has 0 radical (unpaired) electrons. The first kappa shape index (κ1) is 21.5. The van der Waals surface area contributed by atoms with Gasteiger partial charge in [-0.25, -0.2) is 4.39 Å². The molecule has 31 heavy (non-hydrogen) atoms. The number of fused-ring (bicyclic) bond motifs is 1. The molecule has 2 aliphatic heterocycles. The number of hydrogen-bond donors (Lipinski definition) is 1. The predicted molar refractivity (Wildman–Crippen MR) is 120 cm³/mol. The monoisotopic (exact) mass is 427 g/mol. The number of anilines is 1. The molecule has 0 saturated carbocycles. The van der Waals surface area contributed by atoms with Crippen LogP contribution in [0.3, 0.4) is 0 Å². The molecule has 2 heterocycles. The molecule has 2 aromatic rings. The fraction of sp³-hybridized carbons (Fsp3) is 0.417. The number of hydrogen-bond acceptors (Lipinski definition) is 6. The van der Waals surface area contributed by atoms with Crippen molar-refractivity contribution < 1.29 is 18.7 Å². The van der Waals surface area contributed by atoms with Crippen molar-refractivity contribution in [2.75, 3.05) is 57.9 Å². The molecule has 2 aromatic carbocycles. The Hall–Kier alpha value is -2.77. The van der Waals surface area contributed by atoms with Gasteiger partial charge in [-0.1, -0.05) is 24.3 Å². The Morgan fingerprint density at radius 1 is 1.03 bits per heavy atom. The summed E-state index contributed by atoms with van der Waals surface area (Å²) in [4.78, 5) is 9.85. The number of ether oxygens (including phenoxy) is 2. The minimum absolute atomic E-state index is 0.212. The van der Waals surface area contributed by atoms with E-state index < -0.39 is 0 Å². The third-order valence-electron chi connectivity index (χ3n) is 5.84. The van der Waals surface area contributed by atoms with Gasteiger partial charge in [0.15, 0.2) is 11.5 Å². The highest BCUT2D eigenvalue weighted by atomic mass is 19.1. The first-order chi connectivity index (χ1) is 15.2. The molecule has 0 aliphatic carbocycles. The minimum Gasteiger partial charge on any atom is -0.486 e. The third kappa shape index (κ3) is 4.94. The van der Waals surface area contributed by atoms with Gasteiger partial charge in [-0.15, -0.1) is 0 Å². The SMILES string of the molecule is CONC(C)=C(CCN1CCN(c2cccc3c2OCCO3)CC1)c1ccccc1F. The summed E-state index contributed by atoms with van der Waals surface area (Å²) in [6, 6.07) is 13.0. The molecule has 0 amide bonds. The molecule has 0 aromatic heterocycles. The zero-order valence-corrected chi connectivity index (χ0v) is 18.2. The fourth-order valence-electron chi connectivity index (χ4n) is 4.23. The van der Waals surface area contributed by atoms with E-state index in [2.05, 4.69) is 21.3 Å². The average Bonchev–Trinajstić information content (AvgIpc) is 2.80. The molecule has 2 aliphatic rings. The number of halogens is 1. The van der Waals surface area contributed by atoms with Crippen LogP contribution in [-0.2, 0) is 4.84 Å². The highest BCUT2D eigenvalue weighted by Crippen LogP contribution is 2.39. The van der Waals surface area contributed by atoms with Crippen molar-refractivity contribution in [1.82, 2.24) is 10.4 Å². The number of nitrogens with one attached hydrogen (secondary N) is 1. The third-order valence-corrected chi connectivity index (χ3v) is 5.84. The molecule has 0 unspecified atom stereocenters. The fourth-order valence-corrected chi connectivity index (χ4v) is 4.23. The largest absolute Gasteiger partial charge is 0.486 e. The van der Waals surface area contributed by atoms with E-state index in [0.29, 0.717) is 18.8 Å². The Bertz CT molecular complexity index is 926. The second kappa shape index (κ2) is 10.0. The molecule has 6 nitrogen and oxygen atoms in total. The number of rotatable bonds is 7. The van der Waals surface area contributed by atoms with E-state index in [1.54, 1.807) is 13.2 Å². The summed E-state index contributed by atoms with van der Waals surface area (Å²) in [5, 5.41) is 0. The first-order valence-electron chi connectivity index (χ1n) is 10.8. The van der Waals surface area contributed by atoms with E-state index in [1.165, 1.54) is 6.07 Å². The van der Waals surface area contributed by atoms with E-state index in [-0.39, 0.29) is 5.82 Å². The molecule has 1 saturated heterocycles. The molecule has 0 spiro atoms. The van der Waals surface area contributed by atoms with Gasteiger partial charge in [0, 0.05) is 44.0 Å². The van der Waals surface area contributed by atoms with Crippen molar-refractivity contribution in [2.24, 2.45) is 0 Å². The van der Waals surface area contributed by atoms with Crippen LogP contribution in [0.1, 0.15) is 18.9 Å². The molecular weight excluding hydrogens is 397 g/mol. The molecular formula is C24H30FN3O3. The lowest BCUT2D eigenvalue weighted by atomic mass is 10.00. The average molecular weight is 428 g/mol. The maximum atomic E-state index is 14.4. The van der Waals surface area contributed by atoms with Crippen molar-refractivity contribution in [3.8, 4) is 11.5 Å². The van der Waals surface area contributed by atoms with Crippen LogP contribution in [0.25, 0.3) is 5.57 Å². The minimum atomic E-state index is -0.212. The van der Waals surface area contributed by atoms with E-state index in [0.717, 1.165) is 67.6 Å². The van der Waals surface area contributed by atoms with Gasteiger partial charge in [0.25, 0.3) is 0 Å². The maximum Gasteiger partial charge on any atom is 0.184 e. The number of hydroxylamine groups is 1. The Morgan fingerprint density at radius 2 is 1.81 bits per heavy atom. The van der Waals surface area contributed by atoms with E-state index in [1.807, 2.05) is 31.2 Å². The Kier molecular flexibility index (Phi) is 6.94. The second-order valence-electron chi connectivity index (χ2n) is 7.77. The van der Waals surface area contributed by atoms with E-state index in [4.69, 9.17) is 14.3 Å². The van der Waals surface area contributed by atoms with Crippen molar-refractivity contribution in [1.29, 1.82) is 0 Å². The van der Waals surface area contributed by atoms with E-state index in [9.17, 15) is 4.39 Å². The number of para-hydroxylation sites is 1. The number of piperazine rings is 1. The standard InChI is InChI=1S/C24H30FN3O3/c1-18(26-29-2)19(20-6-3-4-7-21(20)25)10-11-27-12-14-28(15-13-27)22-8-5-9-23-24(22)31-17-16-30-23/h3-9,26H,10-17H2,1-2H3. The van der Waals surface area contributed by atoms with Crippen molar-refractivity contribution in [3.05, 3.63) is 59.5 Å². The summed E-state index contributed by atoms with van der Waals surface area (Å²) < 4.78 is 26.0. The molecule has 7 heteroatoms. The van der Waals surface area contributed by atoms with Crippen LogP contribution in [0.4, 0.5) is 10.1 Å². The summed E-state index contributed by atoms with van der Waals surface area (Å²) in [6.45, 7) is 7.65. The number of allylic oxidation sites excluding steroid dienone is 1. The molecule has 166 valence electrons. The van der Waals surface area contributed by atoms with Gasteiger partial charge < -0.3 is 14.4 Å². The van der Waals surface area contributed by atoms with Gasteiger partial charge in [0.1, 0.15) is 19.0 Å². The first-order valence-corrected chi connectivity index (χ1v) is 10.8. The molecule has 1 fully saturated rings. The lowest BCUT2D eigenvalue weighted by Gasteiger charge is -2.37. The highest BCUT2D eigenvalue weighted by molar-refractivity contribution is 5.68. The summed E-state index contributed by atoms with van der Waals surface area (Å²) in [5.74, 6) is 1.47. The van der Waals surface area contributed by atoms with Gasteiger partial charge in [-0.2, -0.15) is 0 Å². The molecule has 0 atom stereocenters. The van der Waals surface area contributed by atoms with Crippen LogP contribution < -0.4 is 19.9 Å². The highest BCUT2D eigenvalue weighted by Gasteiger charge is 2.24. The lowest BCUT2D eigenvalue weighted by Crippen LogP contribution is -2.46. The van der Waals surface area contributed by atoms with Crippen molar-refractivity contribution in [2.45, 2.75) is 13.3 Å². The number of nitrogens with zero attached hydrogens (tertiary/aromatic N) is 2. The zero-order chi connectivity index (χ0) is 21.6. The number of benzene rings is 2. The van der Waals surface area contributed by atoms with Crippen LogP contribution in [0, 0.1) is 5.82 Å². The van der Waals surface area contributed by atoms with Gasteiger partial charge >= 0.3 is 0 Å². The van der Waals surface area contributed by atoms with Crippen LogP contribution in [0.2, 0.25) is 0 Å². The van der Waals surface area contributed by atoms with Gasteiger partial charge in [0.05, 0.1) is 12.8 Å². The van der Waals surface area contributed by atoms with Crippen molar-refractivity contribution >= 4 is 11.3 Å². The predicted octanol–water partition coefficient (Wildman–Crippen LogP) is 3.69. The quantitative estimate of drug-likeness (QED) is 0.680.